The third-order valence-corrected chi connectivity index (χ3v) is 2.69. The van der Waals surface area contributed by atoms with Gasteiger partial charge in [0.15, 0.2) is 0 Å². The predicted molar refractivity (Wildman–Crippen MR) is 63.2 cm³/mol. The van der Waals surface area contributed by atoms with E-state index < -0.39 is 0 Å². The van der Waals surface area contributed by atoms with Crippen molar-refractivity contribution >= 4 is 5.91 Å². The van der Waals surface area contributed by atoms with Crippen molar-refractivity contribution in [1.82, 2.24) is 5.48 Å². The van der Waals surface area contributed by atoms with Crippen LogP contribution in [0.4, 0.5) is 0 Å². The number of aliphatic hydroxyl groups is 1. The Balaban J connectivity index is 2.96. The largest absolute Gasteiger partial charge is 0.396 e. The molecule has 0 bridgehead atoms. The third-order valence-electron chi connectivity index (χ3n) is 2.69. The fourth-order valence-corrected chi connectivity index (χ4v) is 1.69. The zero-order valence-corrected chi connectivity index (χ0v) is 10.1. The van der Waals surface area contributed by atoms with Crippen LogP contribution in [0.2, 0.25) is 0 Å². The van der Waals surface area contributed by atoms with Gasteiger partial charge >= 0.3 is 0 Å². The number of amides is 1. The molecule has 0 radical (unpaired) electrons. The second-order valence-electron chi connectivity index (χ2n) is 4.19. The van der Waals surface area contributed by atoms with Crippen LogP contribution in [0.25, 0.3) is 0 Å². The minimum atomic E-state index is -0.288. The number of rotatable bonds is 11. The summed E-state index contributed by atoms with van der Waals surface area (Å²) in [6.07, 6.45) is 10.5. The first-order chi connectivity index (χ1) is 7.81. The van der Waals surface area contributed by atoms with E-state index in [2.05, 4.69) is 0 Å². The van der Waals surface area contributed by atoms with Gasteiger partial charge in [0.05, 0.1) is 0 Å². The molecule has 0 saturated carbocycles. The number of unbranched alkanes of at least 4 members (excludes halogenated alkanes) is 8. The van der Waals surface area contributed by atoms with Crippen molar-refractivity contribution in [2.75, 3.05) is 6.61 Å². The van der Waals surface area contributed by atoms with Crippen LogP contribution in [0.15, 0.2) is 0 Å². The molecule has 0 atom stereocenters. The number of carbonyl (C=O) groups is 1. The van der Waals surface area contributed by atoms with E-state index in [0.29, 0.717) is 13.0 Å². The van der Waals surface area contributed by atoms with Crippen LogP contribution in [0, 0.1) is 0 Å². The highest BCUT2D eigenvalue weighted by atomic mass is 16.5. The van der Waals surface area contributed by atoms with Crippen LogP contribution in [0.5, 0.6) is 0 Å². The van der Waals surface area contributed by atoms with Crippen LogP contribution in [-0.4, -0.2) is 22.8 Å². The molecule has 0 aliphatic carbocycles. The Bertz CT molecular complexity index is 162. The van der Waals surface area contributed by atoms with E-state index in [4.69, 9.17) is 10.3 Å². The SMILES string of the molecule is O=C(CCCCCCCCCCCO)NO. The molecule has 16 heavy (non-hydrogen) atoms. The number of nitrogens with one attached hydrogen (secondary N) is 1. The fourth-order valence-electron chi connectivity index (χ4n) is 1.69. The van der Waals surface area contributed by atoms with Gasteiger partial charge in [-0.25, -0.2) is 5.48 Å². The van der Waals surface area contributed by atoms with Gasteiger partial charge in [0, 0.05) is 13.0 Å². The summed E-state index contributed by atoms with van der Waals surface area (Å²) in [7, 11) is 0. The maximum atomic E-state index is 10.7. The highest BCUT2D eigenvalue weighted by Crippen LogP contribution is 2.10. The number of aliphatic hydroxyl groups excluding tert-OH is 1. The van der Waals surface area contributed by atoms with Crippen molar-refractivity contribution in [3.05, 3.63) is 0 Å². The van der Waals surface area contributed by atoms with Crippen molar-refractivity contribution in [2.45, 2.75) is 64.2 Å². The first-order valence-corrected chi connectivity index (χ1v) is 6.35. The van der Waals surface area contributed by atoms with Gasteiger partial charge in [-0.05, 0) is 12.8 Å². The fraction of sp³-hybridized carbons (Fsp3) is 0.917. The predicted octanol–water partition coefficient (Wildman–Crippen LogP) is 2.39. The molecule has 1 amide bonds. The molecule has 96 valence electrons. The maximum Gasteiger partial charge on any atom is 0.243 e. The zero-order chi connectivity index (χ0) is 12.1. The molecule has 3 N–H and O–H groups in total. The van der Waals surface area contributed by atoms with Gasteiger partial charge < -0.3 is 5.11 Å². The lowest BCUT2D eigenvalue weighted by Gasteiger charge is -2.01. The quantitative estimate of drug-likeness (QED) is 0.290. The molecule has 4 nitrogen and oxygen atoms in total. The number of hydrogen-bond acceptors (Lipinski definition) is 3. The van der Waals surface area contributed by atoms with E-state index in [1.54, 1.807) is 5.48 Å². The molecule has 0 aliphatic rings. The lowest BCUT2D eigenvalue weighted by atomic mass is 10.1. The molecule has 0 unspecified atom stereocenters. The van der Waals surface area contributed by atoms with Gasteiger partial charge in [-0.2, -0.15) is 0 Å². The van der Waals surface area contributed by atoms with Crippen molar-refractivity contribution < 1.29 is 15.1 Å². The Morgan fingerprint density at radius 2 is 1.25 bits per heavy atom. The van der Waals surface area contributed by atoms with Gasteiger partial charge in [0.1, 0.15) is 0 Å². The summed E-state index contributed by atoms with van der Waals surface area (Å²) in [6.45, 7) is 0.312. The molecule has 0 aliphatic heterocycles. The Hall–Kier alpha value is -0.610. The molecule has 0 heterocycles. The van der Waals surface area contributed by atoms with Crippen LogP contribution in [-0.2, 0) is 4.79 Å². The van der Waals surface area contributed by atoms with E-state index in [0.717, 1.165) is 25.7 Å². The molecule has 0 aromatic carbocycles. The summed E-state index contributed by atoms with van der Waals surface area (Å²) < 4.78 is 0. The monoisotopic (exact) mass is 231 g/mol. The van der Waals surface area contributed by atoms with Crippen LogP contribution in [0.1, 0.15) is 64.2 Å². The first-order valence-electron chi connectivity index (χ1n) is 6.35. The van der Waals surface area contributed by atoms with E-state index in [9.17, 15) is 4.79 Å². The second kappa shape index (κ2) is 12.5. The van der Waals surface area contributed by atoms with Crippen LogP contribution >= 0.6 is 0 Å². The van der Waals surface area contributed by atoms with Crippen molar-refractivity contribution in [3.8, 4) is 0 Å². The third kappa shape index (κ3) is 11.5. The number of hydroxylamine groups is 1. The van der Waals surface area contributed by atoms with E-state index in [-0.39, 0.29) is 5.91 Å². The summed E-state index contributed by atoms with van der Waals surface area (Å²) in [5.74, 6) is -0.288. The molecule has 0 fully saturated rings. The minimum Gasteiger partial charge on any atom is -0.396 e. The summed E-state index contributed by atoms with van der Waals surface area (Å²) in [5.41, 5.74) is 1.64. The lowest BCUT2D eigenvalue weighted by Crippen LogP contribution is -2.17. The molecule has 4 heteroatoms. The molecule has 0 rings (SSSR count). The molecule has 0 aromatic heterocycles. The van der Waals surface area contributed by atoms with Crippen LogP contribution in [0.3, 0.4) is 0 Å². The summed E-state index contributed by atoms with van der Waals surface area (Å²) >= 11 is 0. The number of carbonyl (C=O) groups excluding carboxylic acids is 1. The Labute approximate surface area is 98.0 Å². The van der Waals surface area contributed by atoms with Crippen molar-refractivity contribution in [3.63, 3.8) is 0 Å². The van der Waals surface area contributed by atoms with Crippen molar-refractivity contribution in [2.24, 2.45) is 0 Å². The summed E-state index contributed by atoms with van der Waals surface area (Å²) in [5, 5.41) is 16.8. The highest BCUT2D eigenvalue weighted by molar-refractivity contribution is 5.74. The summed E-state index contributed by atoms with van der Waals surface area (Å²) in [4.78, 5) is 10.7. The first kappa shape index (κ1) is 15.4. The smallest absolute Gasteiger partial charge is 0.243 e. The van der Waals surface area contributed by atoms with Crippen molar-refractivity contribution in [1.29, 1.82) is 0 Å². The van der Waals surface area contributed by atoms with Crippen LogP contribution < -0.4 is 5.48 Å². The normalized spacial score (nSPS) is 10.4. The Morgan fingerprint density at radius 1 is 0.812 bits per heavy atom. The van der Waals surface area contributed by atoms with E-state index in [1.165, 1.54) is 32.1 Å². The average molecular weight is 231 g/mol. The molecule has 0 saturated heterocycles. The maximum absolute atomic E-state index is 10.7. The van der Waals surface area contributed by atoms with Gasteiger partial charge in [-0.15, -0.1) is 0 Å². The van der Waals surface area contributed by atoms with Gasteiger partial charge in [-0.3, -0.25) is 10.0 Å². The van der Waals surface area contributed by atoms with Gasteiger partial charge in [0.25, 0.3) is 0 Å². The minimum absolute atomic E-state index is 0.288. The summed E-state index contributed by atoms with van der Waals surface area (Å²) in [6, 6.07) is 0. The zero-order valence-electron chi connectivity index (χ0n) is 10.1. The Morgan fingerprint density at radius 3 is 1.69 bits per heavy atom. The average Bonchev–Trinajstić information content (AvgIpc) is 2.31. The topological polar surface area (TPSA) is 69.6 Å². The lowest BCUT2D eigenvalue weighted by molar-refractivity contribution is -0.129. The molecular weight excluding hydrogens is 206 g/mol. The van der Waals surface area contributed by atoms with Gasteiger partial charge in [0.2, 0.25) is 5.91 Å². The molecule has 0 spiro atoms. The standard InChI is InChI=1S/C12H25NO3/c14-11-9-7-5-3-1-2-4-6-8-10-12(15)13-16/h14,16H,1-11H2,(H,13,15). The number of hydrogen-bond donors (Lipinski definition) is 3. The van der Waals surface area contributed by atoms with E-state index in [1.807, 2.05) is 0 Å². The second-order valence-corrected chi connectivity index (χ2v) is 4.19. The highest BCUT2D eigenvalue weighted by Gasteiger charge is 1.98. The molecular formula is C12H25NO3. The Kier molecular flexibility index (Phi) is 12.0. The van der Waals surface area contributed by atoms with E-state index >= 15 is 0 Å². The van der Waals surface area contributed by atoms with Gasteiger partial charge in [-0.1, -0.05) is 44.9 Å². The molecule has 0 aromatic rings.